The summed E-state index contributed by atoms with van der Waals surface area (Å²) in [5, 5.41) is 10.2. The third-order valence-corrected chi connectivity index (χ3v) is 6.54. The van der Waals surface area contributed by atoms with Crippen molar-refractivity contribution in [3.05, 3.63) is 41.2 Å². The lowest BCUT2D eigenvalue weighted by atomic mass is 10.1. The third-order valence-electron chi connectivity index (χ3n) is 6.54. The van der Waals surface area contributed by atoms with Gasteiger partial charge in [0.05, 0.1) is 12.6 Å². The van der Waals surface area contributed by atoms with Crippen LogP contribution in [0.2, 0.25) is 0 Å². The van der Waals surface area contributed by atoms with Crippen LogP contribution in [0.3, 0.4) is 0 Å². The van der Waals surface area contributed by atoms with Crippen LogP contribution in [0, 0.1) is 0 Å². The largest absolute Gasteiger partial charge is 0.356 e. The highest BCUT2D eigenvalue weighted by molar-refractivity contribution is 6.15. The maximum absolute atomic E-state index is 12.1. The maximum atomic E-state index is 12.1. The van der Waals surface area contributed by atoms with E-state index in [0.717, 1.165) is 37.3 Å². The number of aromatic nitrogens is 5. The van der Waals surface area contributed by atoms with Crippen molar-refractivity contribution in [3.63, 3.8) is 0 Å². The van der Waals surface area contributed by atoms with Gasteiger partial charge >= 0.3 is 0 Å². The second-order valence-corrected chi connectivity index (χ2v) is 9.36. The number of nitrogens with zero attached hydrogens (tertiary/aromatic N) is 7. The molecule has 0 radical (unpaired) electrons. The first-order chi connectivity index (χ1) is 17.0. The number of hydrogen-bond acceptors (Lipinski definition) is 9. The van der Waals surface area contributed by atoms with Gasteiger partial charge in [-0.3, -0.25) is 14.9 Å². The van der Waals surface area contributed by atoms with Gasteiger partial charge in [-0.1, -0.05) is 6.07 Å². The number of fused-ring (bicyclic) bond motifs is 1. The number of hydrogen-bond donors (Lipinski definition) is 2. The normalized spacial score (nSPS) is 19.1. The molecule has 180 valence electrons. The Balaban J connectivity index is 1.36. The number of carbonyl (C=O) groups is 2. The zero-order valence-electron chi connectivity index (χ0n) is 19.6. The lowest BCUT2D eigenvalue weighted by Gasteiger charge is -2.23. The fourth-order valence-corrected chi connectivity index (χ4v) is 4.56. The smallest absolute Gasteiger partial charge is 0.254 e. The molecule has 11 nitrogen and oxygen atoms in total. The molecule has 0 bridgehead atoms. The van der Waals surface area contributed by atoms with Crippen LogP contribution >= 0.6 is 0 Å². The molecule has 3 aliphatic rings. The Hall–Kier alpha value is -4.02. The Morgan fingerprint density at radius 2 is 2.06 bits per heavy atom. The van der Waals surface area contributed by atoms with Gasteiger partial charge in [0.1, 0.15) is 5.82 Å². The van der Waals surface area contributed by atoms with E-state index < -0.39 is 0 Å². The van der Waals surface area contributed by atoms with Crippen LogP contribution in [0.25, 0.3) is 11.7 Å². The minimum absolute atomic E-state index is 0.0570. The Morgan fingerprint density at radius 1 is 1.23 bits per heavy atom. The lowest BCUT2D eigenvalue weighted by Crippen LogP contribution is -2.25. The van der Waals surface area contributed by atoms with E-state index in [4.69, 9.17) is 9.97 Å². The number of carbonyl (C=O) groups excluding carboxylic acids is 2. The van der Waals surface area contributed by atoms with Crippen molar-refractivity contribution in [2.24, 2.45) is 0 Å². The Labute approximate surface area is 202 Å². The minimum atomic E-state index is -0.372. The van der Waals surface area contributed by atoms with Gasteiger partial charge in [-0.05, 0) is 37.8 Å². The molecule has 3 aromatic heterocycles. The van der Waals surface area contributed by atoms with E-state index in [0.29, 0.717) is 41.3 Å². The molecule has 0 aromatic carbocycles. The summed E-state index contributed by atoms with van der Waals surface area (Å²) in [6.07, 6.45) is 9.79. The Bertz CT molecular complexity index is 1340. The number of pyridine rings is 1. The molecule has 1 saturated carbocycles. The van der Waals surface area contributed by atoms with Crippen LogP contribution in [0.1, 0.15) is 43.2 Å². The highest BCUT2D eigenvalue weighted by Crippen LogP contribution is 2.28. The summed E-state index contributed by atoms with van der Waals surface area (Å²) < 4.78 is 1.66. The number of amides is 2. The van der Waals surface area contributed by atoms with Gasteiger partial charge in [0, 0.05) is 55.6 Å². The van der Waals surface area contributed by atoms with Gasteiger partial charge in [-0.2, -0.15) is 19.6 Å². The average molecular weight is 474 g/mol. The monoisotopic (exact) mass is 473 g/mol. The van der Waals surface area contributed by atoms with E-state index >= 15 is 0 Å². The highest BCUT2D eigenvalue weighted by Gasteiger charge is 2.27. The van der Waals surface area contributed by atoms with E-state index in [1.807, 2.05) is 24.2 Å². The van der Waals surface area contributed by atoms with E-state index in [2.05, 4.69) is 31.7 Å². The van der Waals surface area contributed by atoms with Crippen LogP contribution in [-0.4, -0.2) is 62.6 Å². The molecule has 3 fully saturated rings. The second-order valence-electron chi connectivity index (χ2n) is 9.36. The first-order valence-electron chi connectivity index (χ1n) is 12.0. The van der Waals surface area contributed by atoms with Gasteiger partial charge in [-0.15, -0.1) is 0 Å². The summed E-state index contributed by atoms with van der Waals surface area (Å²) in [5.74, 6) is 1.50. The fourth-order valence-electron chi connectivity index (χ4n) is 4.56. The van der Waals surface area contributed by atoms with E-state index in [-0.39, 0.29) is 18.2 Å². The molecule has 35 heavy (non-hydrogen) atoms. The van der Waals surface area contributed by atoms with Crippen LogP contribution in [0.5, 0.6) is 0 Å². The number of imide groups is 1. The molecule has 1 aliphatic carbocycles. The molecule has 0 spiro atoms. The zero-order chi connectivity index (χ0) is 23.9. The van der Waals surface area contributed by atoms with Crippen LogP contribution in [0.15, 0.2) is 30.1 Å². The molecule has 11 heteroatoms. The van der Waals surface area contributed by atoms with Gasteiger partial charge in [0.25, 0.3) is 5.91 Å². The molecule has 2 aliphatic heterocycles. The lowest BCUT2D eigenvalue weighted by molar-refractivity contribution is -0.124. The van der Waals surface area contributed by atoms with Crippen molar-refractivity contribution < 1.29 is 9.59 Å². The van der Waals surface area contributed by atoms with Crippen LogP contribution in [0.4, 0.5) is 17.7 Å². The second kappa shape index (κ2) is 8.64. The molecular weight excluding hydrogens is 446 g/mol. The molecule has 5 heterocycles. The maximum Gasteiger partial charge on any atom is 0.254 e. The van der Waals surface area contributed by atoms with Crippen molar-refractivity contribution in [1.82, 2.24) is 29.9 Å². The van der Waals surface area contributed by atoms with Gasteiger partial charge < -0.3 is 15.1 Å². The topological polar surface area (TPSA) is 121 Å². The van der Waals surface area contributed by atoms with Crippen molar-refractivity contribution in [2.45, 2.75) is 44.7 Å². The summed E-state index contributed by atoms with van der Waals surface area (Å²) in [7, 11) is 1.96. The SMILES string of the molecule is CN(Cc1cccnc1N1CCCC1)c1nc(NC2CC2)n2ncc(/C=C3\CC(=O)NC3=O)c2n1. The van der Waals surface area contributed by atoms with Gasteiger partial charge in [0.15, 0.2) is 5.65 Å². The highest BCUT2D eigenvalue weighted by atomic mass is 16.2. The molecule has 6 rings (SSSR count). The fraction of sp³-hybridized carbons (Fsp3) is 0.417. The van der Waals surface area contributed by atoms with Gasteiger partial charge in [-0.25, -0.2) is 4.98 Å². The summed E-state index contributed by atoms with van der Waals surface area (Å²) in [5.41, 5.74) is 2.77. The van der Waals surface area contributed by atoms with Crippen molar-refractivity contribution in [3.8, 4) is 0 Å². The van der Waals surface area contributed by atoms with E-state index in [1.165, 1.54) is 12.8 Å². The van der Waals surface area contributed by atoms with Crippen molar-refractivity contribution >= 4 is 41.3 Å². The summed E-state index contributed by atoms with van der Waals surface area (Å²) in [6.45, 7) is 2.64. The average Bonchev–Trinajstić information content (AvgIpc) is 3.20. The molecule has 2 saturated heterocycles. The van der Waals surface area contributed by atoms with E-state index in [9.17, 15) is 9.59 Å². The number of rotatable bonds is 7. The third kappa shape index (κ3) is 4.29. The van der Waals surface area contributed by atoms with Crippen LogP contribution in [-0.2, 0) is 16.1 Å². The van der Waals surface area contributed by atoms with Crippen molar-refractivity contribution in [1.29, 1.82) is 0 Å². The Morgan fingerprint density at radius 3 is 2.80 bits per heavy atom. The molecule has 0 atom stereocenters. The summed E-state index contributed by atoms with van der Waals surface area (Å²) in [4.78, 5) is 42.3. The molecule has 2 amide bonds. The summed E-state index contributed by atoms with van der Waals surface area (Å²) in [6, 6.07) is 4.43. The predicted octanol–water partition coefficient (Wildman–Crippen LogP) is 1.76. The number of nitrogens with one attached hydrogen (secondary N) is 2. The number of anilines is 3. The quantitative estimate of drug-likeness (QED) is 0.391. The molecule has 3 aromatic rings. The minimum Gasteiger partial charge on any atom is -0.356 e. The first-order valence-corrected chi connectivity index (χ1v) is 12.0. The first kappa shape index (κ1) is 21.5. The predicted molar refractivity (Wildman–Crippen MR) is 131 cm³/mol. The van der Waals surface area contributed by atoms with Crippen molar-refractivity contribution in [2.75, 3.05) is 35.3 Å². The summed E-state index contributed by atoms with van der Waals surface area (Å²) >= 11 is 0. The van der Waals surface area contributed by atoms with E-state index in [1.54, 1.807) is 16.8 Å². The molecular formula is C24H27N9O2. The zero-order valence-corrected chi connectivity index (χ0v) is 19.6. The van der Waals surface area contributed by atoms with Gasteiger partial charge in [0.2, 0.25) is 17.8 Å². The standard InChI is InChI=1S/C24H27N9O2/c1-31(14-15-5-4-8-25-20(15)32-9-2-3-10-32)23-29-21-17(11-16-12-19(34)28-22(16)35)13-26-33(21)24(30-23)27-18-6-7-18/h4-5,8,11,13,18H,2-3,6-7,9-10,12,14H2,1H3,(H,27,29,30)(H,28,34,35)/b16-11+. The van der Waals surface area contributed by atoms with Crippen LogP contribution < -0.4 is 20.4 Å². The Kier molecular flexibility index (Phi) is 5.31. The molecule has 2 N–H and O–H groups in total. The molecule has 0 unspecified atom stereocenters.